The highest BCUT2D eigenvalue weighted by atomic mass is 19.1. The SMILES string of the molecule is N[C@H](C(=O)O)[C@H](F)CC[C@H](N)C(=O)O. The van der Waals surface area contributed by atoms with Crippen molar-refractivity contribution in [2.24, 2.45) is 11.5 Å². The minimum absolute atomic E-state index is 0.141. The van der Waals surface area contributed by atoms with Gasteiger partial charge in [-0.15, -0.1) is 0 Å². The Kier molecular flexibility index (Phi) is 5.03. The number of hydrogen-bond donors (Lipinski definition) is 4. The molecule has 0 radical (unpaired) electrons. The number of halogens is 1. The van der Waals surface area contributed by atoms with Crippen LogP contribution in [0.25, 0.3) is 0 Å². The topological polar surface area (TPSA) is 127 Å². The summed E-state index contributed by atoms with van der Waals surface area (Å²) in [7, 11) is 0. The lowest BCUT2D eigenvalue weighted by molar-refractivity contribution is -0.140. The lowest BCUT2D eigenvalue weighted by Crippen LogP contribution is -2.40. The first-order valence-electron chi connectivity index (χ1n) is 3.97. The van der Waals surface area contributed by atoms with Crippen LogP contribution < -0.4 is 11.5 Å². The van der Waals surface area contributed by atoms with Crippen molar-refractivity contribution in [2.45, 2.75) is 31.1 Å². The highest BCUT2D eigenvalue weighted by Crippen LogP contribution is 2.07. The molecule has 6 N–H and O–H groups in total. The van der Waals surface area contributed by atoms with Crippen LogP contribution in [-0.4, -0.2) is 40.4 Å². The molecule has 0 amide bonds. The van der Waals surface area contributed by atoms with Crippen LogP contribution in [0.4, 0.5) is 4.39 Å². The summed E-state index contributed by atoms with van der Waals surface area (Å²) in [4.78, 5) is 20.4. The molecule has 7 heteroatoms. The summed E-state index contributed by atoms with van der Waals surface area (Å²) in [6, 6.07) is -2.81. The molecule has 0 aromatic carbocycles. The van der Waals surface area contributed by atoms with Crippen molar-refractivity contribution in [1.29, 1.82) is 0 Å². The van der Waals surface area contributed by atoms with Crippen molar-refractivity contribution < 1.29 is 24.2 Å². The van der Waals surface area contributed by atoms with Gasteiger partial charge in [-0.3, -0.25) is 9.59 Å². The minimum atomic E-state index is -1.78. The molecule has 0 rings (SSSR count). The average molecular weight is 208 g/mol. The summed E-state index contributed by atoms with van der Waals surface area (Å²) in [6.45, 7) is 0. The Morgan fingerprint density at radius 1 is 1.14 bits per heavy atom. The number of carboxylic acid groups (broad SMARTS) is 2. The molecule has 6 nitrogen and oxygen atoms in total. The molecule has 0 aliphatic carbocycles. The van der Waals surface area contributed by atoms with E-state index in [1.54, 1.807) is 0 Å². The Balaban J connectivity index is 3.90. The molecule has 0 aromatic heterocycles. The van der Waals surface area contributed by atoms with E-state index in [-0.39, 0.29) is 12.8 Å². The fourth-order valence-corrected chi connectivity index (χ4v) is 0.797. The zero-order chi connectivity index (χ0) is 11.3. The van der Waals surface area contributed by atoms with E-state index in [1.807, 2.05) is 0 Å². The molecule has 0 unspecified atom stereocenters. The second-order valence-electron chi connectivity index (χ2n) is 2.90. The lowest BCUT2D eigenvalue weighted by Gasteiger charge is -2.13. The van der Waals surface area contributed by atoms with Gasteiger partial charge in [-0.25, -0.2) is 4.39 Å². The smallest absolute Gasteiger partial charge is 0.323 e. The minimum Gasteiger partial charge on any atom is -0.480 e. The normalized spacial score (nSPS) is 17.1. The number of rotatable bonds is 6. The molecule has 0 aliphatic heterocycles. The first-order valence-corrected chi connectivity index (χ1v) is 3.97. The molecule has 14 heavy (non-hydrogen) atoms. The third kappa shape index (κ3) is 4.15. The van der Waals surface area contributed by atoms with E-state index in [2.05, 4.69) is 0 Å². The van der Waals surface area contributed by atoms with Crippen molar-refractivity contribution >= 4 is 11.9 Å². The molecular weight excluding hydrogens is 195 g/mol. The van der Waals surface area contributed by atoms with E-state index < -0.39 is 30.2 Å². The Morgan fingerprint density at radius 2 is 1.64 bits per heavy atom. The van der Waals surface area contributed by atoms with Crippen LogP contribution in [0.1, 0.15) is 12.8 Å². The van der Waals surface area contributed by atoms with Crippen LogP contribution in [0.2, 0.25) is 0 Å². The van der Waals surface area contributed by atoms with E-state index in [0.717, 1.165) is 0 Å². The molecule has 0 fully saturated rings. The molecule has 0 aliphatic rings. The van der Waals surface area contributed by atoms with Gasteiger partial charge in [0.15, 0.2) is 0 Å². The molecule has 0 saturated carbocycles. The van der Waals surface area contributed by atoms with Gasteiger partial charge >= 0.3 is 11.9 Å². The fraction of sp³-hybridized carbons (Fsp3) is 0.714. The van der Waals surface area contributed by atoms with Gasteiger partial charge in [0.1, 0.15) is 18.3 Å². The number of alkyl halides is 1. The van der Waals surface area contributed by atoms with E-state index >= 15 is 0 Å². The molecule has 0 heterocycles. The zero-order valence-electron chi connectivity index (χ0n) is 7.39. The number of carbonyl (C=O) groups is 2. The van der Waals surface area contributed by atoms with Crippen molar-refractivity contribution in [3.63, 3.8) is 0 Å². The third-order valence-corrected chi connectivity index (χ3v) is 1.75. The van der Waals surface area contributed by atoms with Crippen molar-refractivity contribution in [1.82, 2.24) is 0 Å². The molecule has 0 bridgehead atoms. The summed E-state index contributed by atoms with van der Waals surface area (Å²) in [5.41, 5.74) is 10.0. The maximum atomic E-state index is 12.9. The number of aliphatic carboxylic acids is 2. The van der Waals surface area contributed by atoms with Crippen molar-refractivity contribution in [2.75, 3.05) is 0 Å². The molecule has 0 aromatic rings. The standard InChI is InChI=1S/C7H13FN2O4/c8-3(5(10)7(13)14)1-2-4(9)6(11)12/h3-5H,1-2,9-10H2,(H,11,12)(H,13,14)/t3-,4+,5+/m1/s1. The Hall–Kier alpha value is -1.21. The third-order valence-electron chi connectivity index (χ3n) is 1.75. The maximum absolute atomic E-state index is 12.9. The van der Waals surface area contributed by atoms with Crippen LogP contribution >= 0.6 is 0 Å². The summed E-state index contributed by atoms with van der Waals surface area (Å²) < 4.78 is 12.9. The summed E-state index contributed by atoms with van der Waals surface area (Å²) in [5, 5.41) is 16.7. The van der Waals surface area contributed by atoms with Crippen LogP contribution in [0.15, 0.2) is 0 Å². The first kappa shape index (κ1) is 12.8. The van der Waals surface area contributed by atoms with Gasteiger partial charge in [0, 0.05) is 0 Å². The summed E-state index contributed by atoms with van der Waals surface area (Å²) >= 11 is 0. The van der Waals surface area contributed by atoms with Crippen molar-refractivity contribution in [3.8, 4) is 0 Å². The largest absolute Gasteiger partial charge is 0.480 e. The quantitative estimate of drug-likeness (QED) is 0.440. The van der Waals surface area contributed by atoms with Crippen LogP contribution in [0.5, 0.6) is 0 Å². The molecule has 0 saturated heterocycles. The summed E-state index contributed by atoms with van der Waals surface area (Å²) in [5.74, 6) is -2.71. The molecular formula is C7H13FN2O4. The predicted molar refractivity (Wildman–Crippen MR) is 45.4 cm³/mol. The van der Waals surface area contributed by atoms with Gasteiger partial charge in [0.25, 0.3) is 0 Å². The fourth-order valence-electron chi connectivity index (χ4n) is 0.797. The van der Waals surface area contributed by atoms with Crippen LogP contribution in [0, 0.1) is 0 Å². The van der Waals surface area contributed by atoms with Crippen LogP contribution in [-0.2, 0) is 9.59 Å². The highest BCUT2D eigenvalue weighted by Gasteiger charge is 2.25. The number of carboxylic acids is 2. The molecule has 82 valence electrons. The van der Waals surface area contributed by atoms with Crippen molar-refractivity contribution in [3.05, 3.63) is 0 Å². The lowest BCUT2D eigenvalue weighted by atomic mass is 10.0. The molecule has 0 spiro atoms. The van der Waals surface area contributed by atoms with Gasteiger partial charge in [0.05, 0.1) is 0 Å². The van der Waals surface area contributed by atoms with E-state index in [9.17, 15) is 14.0 Å². The zero-order valence-corrected chi connectivity index (χ0v) is 7.39. The molecule has 3 atom stereocenters. The monoisotopic (exact) mass is 208 g/mol. The highest BCUT2D eigenvalue weighted by molar-refractivity contribution is 5.74. The second kappa shape index (κ2) is 5.51. The number of hydrogen-bond acceptors (Lipinski definition) is 4. The van der Waals surface area contributed by atoms with E-state index in [0.29, 0.717) is 0 Å². The Labute approximate surface area is 79.7 Å². The predicted octanol–water partition coefficient (Wildman–Crippen LogP) is -1.07. The average Bonchev–Trinajstić information content (AvgIpc) is 2.11. The van der Waals surface area contributed by atoms with Gasteiger partial charge in [0.2, 0.25) is 0 Å². The van der Waals surface area contributed by atoms with Gasteiger partial charge in [-0.1, -0.05) is 0 Å². The first-order chi connectivity index (χ1) is 6.36. The second-order valence-corrected chi connectivity index (χ2v) is 2.90. The van der Waals surface area contributed by atoms with E-state index in [4.69, 9.17) is 21.7 Å². The van der Waals surface area contributed by atoms with Crippen LogP contribution in [0.3, 0.4) is 0 Å². The van der Waals surface area contributed by atoms with Gasteiger partial charge < -0.3 is 21.7 Å². The van der Waals surface area contributed by atoms with Gasteiger partial charge in [-0.2, -0.15) is 0 Å². The van der Waals surface area contributed by atoms with E-state index in [1.165, 1.54) is 0 Å². The number of nitrogens with two attached hydrogens (primary N) is 2. The van der Waals surface area contributed by atoms with Gasteiger partial charge in [-0.05, 0) is 12.8 Å². The Morgan fingerprint density at radius 3 is 2.00 bits per heavy atom. The maximum Gasteiger partial charge on any atom is 0.323 e. The summed E-state index contributed by atoms with van der Waals surface area (Å²) in [6.07, 6.45) is -2.20. The Bertz CT molecular complexity index is 224.